The molecule has 0 atom stereocenters. The third-order valence-corrected chi connectivity index (χ3v) is 2.91. The Morgan fingerprint density at radius 3 is 2.68 bits per heavy atom. The van der Waals surface area contributed by atoms with Crippen molar-refractivity contribution >= 4 is 5.69 Å². The highest BCUT2D eigenvalue weighted by atomic mass is 19.1. The zero-order valence-electron chi connectivity index (χ0n) is 11.5. The molecule has 2 N–H and O–H groups in total. The molecule has 0 aliphatic heterocycles. The Morgan fingerprint density at radius 2 is 1.95 bits per heavy atom. The number of benzene rings is 1. The Bertz CT molecular complexity index is 834. The van der Waals surface area contributed by atoms with Gasteiger partial charge in [0, 0.05) is 37.0 Å². The smallest absolute Gasteiger partial charge is 0.223 e. The molecule has 0 fully saturated rings. The second-order valence-corrected chi connectivity index (χ2v) is 4.55. The van der Waals surface area contributed by atoms with Gasteiger partial charge in [-0.1, -0.05) is 0 Å². The van der Waals surface area contributed by atoms with E-state index in [4.69, 9.17) is 10.5 Å². The number of aryl methyl sites for hydroxylation is 1. The second-order valence-electron chi connectivity index (χ2n) is 4.55. The van der Waals surface area contributed by atoms with Crippen LogP contribution >= 0.6 is 0 Å². The fraction of sp³-hybridized carbons (Fsp3) is 0.0714. The van der Waals surface area contributed by atoms with Crippen LogP contribution in [0.2, 0.25) is 0 Å². The number of nitrogen functional groups attached to an aromatic ring is 1. The van der Waals surface area contributed by atoms with Crippen LogP contribution in [-0.2, 0) is 7.05 Å². The predicted molar refractivity (Wildman–Crippen MR) is 75.1 cm³/mol. The molecule has 0 bridgehead atoms. The molecule has 2 heterocycles. The maximum Gasteiger partial charge on any atom is 0.223 e. The van der Waals surface area contributed by atoms with Gasteiger partial charge in [-0.2, -0.15) is 5.10 Å². The highest BCUT2D eigenvalue weighted by Crippen LogP contribution is 2.28. The minimum absolute atomic E-state index is 0.110. The number of nitrogens with zero attached hydrogens (tertiary/aromatic N) is 4. The third-order valence-electron chi connectivity index (χ3n) is 2.91. The highest BCUT2D eigenvalue weighted by molar-refractivity contribution is 5.58. The van der Waals surface area contributed by atoms with Crippen LogP contribution in [0.5, 0.6) is 11.6 Å². The fourth-order valence-electron chi connectivity index (χ4n) is 1.84. The Morgan fingerprint density at radius 1 is 1.14 bits per heavy atom. The number of anilines is 1. The van der Waals surface area contributed by atoms with Gasteiger partial charge in [0.05, 0.1) is 17.6 Å². The number of aromatic nitrogens is 4. The molecule has 0 aliphatic rings. The van der Waals surface area contributed by atoms with Crippen LogP contribution in [0.15, 0.2) is 36.9 Å². The van der Waals surface area contributed by atoms with Crippen LogP contribution in [0.4, 0.5) is 14.5 Å². The highest BCUT2D eigenvalue weighted by Gasteiger charge is 2.12. The van der Waals surface area contributed by atoms with E-state index in [1.807, 2.05) is 0 Å². The Balaban J connectivity index is 1.92. The molecule has 3 rings (SSSR count). The first-order valence-corrected chi connectivity index (χ1v) is 6.26. The van der Waals surface area contributed by atoms with E-state index >= 15 is 0 Å². The Labute approximate surface area is 124 Å². The molecule has 0 amide bonds. The molecule has 3 aromatic rings. The number of hydrogen-bond donors (Lipinski definition) is 1. The lowest BCUT2D eigenvalue weighted by atomic mass is 10.2. The monoisotopic (exact) mass is 303 g/mol. The maximum absolute atomic E-state index is 13.7. The summed E-state index contributed by atoms with van der Waals surface area (Å²) in [5, 5.41) is 4.04. The van der Waals surface area contributed by atoms with E-state index in [0.29, 0.717) is 11.8 Å². The van der Waals surface area contributed by atoms with Gasteiger partial charge >= 0.3 is 0 Å². The van der Waals surface area contributed by atoms with Crippen molar-refractivity contribution in [2.24, 2.45) is 7.05 Å². The summed E-state index contributed by atoms with van der Waals surface area (Å²) in [7, 11) is 1.78. The lowest BCUT2D eigenvalue weighted by molar-refractivity contribution is 0.423. The van der Waals surface area contributed by atoms with Crippen molar-refractivity contribution in [1.29, 1.82) is 0 Å². The normalized spacial score (nSPS) is 10.7. The zero-order valence-corrected chi connectivity index (χ0v) is 11.5. The second kappa shape index (κ2) is 5.40. The van der Waals surface area contributed by atoms with Gasteiger partial charge in [0.25, 0.3) is 0 Å². The molecule has 112 valence electrons. The zero-order chi connectivity index (χ0) is 15.7. The summed E-state index contributed by atoms with van der Waals surface area (Å²) in [5.74, 6) is -1.81. The molecular formula is C14H11F2N5O. The third kappa shape index (κ3) is 2.71. The van der Waals surface area contributed by atoms with Gasteiger partial charge in [0.2, 0.25) is 5.88 Å². The molecule has 0 radical (unpaired) electrons. The van der Waals surface area contributed by atoms with Crippen LogP contribution in [0.25, 0.3) is 11.3 Å². The van der Waals surface area contributed by atoms with E-state index in [1.165, 1.54) is 12.4 Å². The van der Waals surface area contributed by atoms with Gasteiger partial charge in [-0.05, 0) is 0 Å². The minimum atomic E-state index is -0.867. The minimum Gasteiger partial charge on any atom is -0.436 e. The summed E-state index contributed by atoms with van der Waals surface area (Å²) in [6.45, 7) is 0. The summed E-state index contributed by atoms with van der Waals surface area (Å²) in [6, 6.07) is 3.25. The van der Waals surface area contributed by atoms with Crippen LogP contribution < -0.4 is 10.5 Å². The van der Waals surface area contributed by atoms with E-state index in [-0.39, 0.29) is 17.3 Å². The van der Waals surface area contributed by atoms with Crippen LogP contribution in [0, 0.1) is 11.6 Å². The average molecular weight is 303 g/mol. The molecule has 0 spiro atoms. The first-order valence-electron chi connectivity index (χ1n) is 6.26. The fourth-order valence-corrected chi connectivity index (χ4v) is 1.84. The number of halogens is 2. The van der Waals surface area contributed by atoms with Gasteiger partial charge < -0.3 is 10.5 Å². The maximum atomic E-state index is 13.7. The molecule has 0 aliphatic carbocycles. The molecule has 6 nitrogen and oxygen atoms in total. The van der Waals surface area contributed by atoms with Gasteiger partial charge in [0.15, 0.2) is 11.6 Å². The van der Waals surface area contributed by atoms with Crippen molar-refractivity contribution < 1.29 is 13.5 Å². The van der Waals surface area contributed by atoms with Gasteiger partial charge in [-0.3, -0.25) is 4.68 Å². The molecule has 22 heavy (non-hydrogen) atoms. The first-order chi connectivity index (χ1) is 10.5. The summed E-state index contributed by atoms with van der Waals surface area (Å²) in [5.41, 5.74) is 6.51. The topological polar surface area (TPSA) is 78.9 Å². The largest absolute Gasteiger partial charge is 0.436 e. The summed E-state index contributed by atoms with van der Waals surface area (Å²) < 4.78 is 33.7. The Kier molecular flexibility index (Phi) is 3.42. The molecule has 0 unspecified atom stereocenters. The Hall–Kier alpha value is -3.03. The van der Waals surface area contributed by atoms with Crippen molar-refractivity contribution in [1.82, 2.24) is 19.7 Å². The van der Waals surface area contributed by atoms with Crippen LogP contribution in [0.3, 0.4) is 0 Å². The van der Waals surface area contributed by atoms with Gasteiger partial charge in [0.1, 0.15) is 12.1 Å². The van der Waals surface area contributed by atoms with E-state index in [0.717, 1.165) is 11.6 Å². The van der Waals surface area contributed by atoms with Crippen molar-refractivity contribution in [3.05, 3.63) is 48.6 Å². The van der Waals surface area contributed by atoms with E-state index in [2.05, 4.69) is 15.1 Å². The van der Waals surface area contributed by atoms with Crippen molar-refractivity contribution in [2.75, 3.05) is 5.73 Å². The van der Waals surface area contributed by atoms with Gasteiger partial charge in [-0.25, -0.2) is 18.7 Å². The lowest BCUT2D eigenvalue weighted by Gasteiger charge is -2.07. The van der Waals surface area contributed by atoms with Crippen LogP contribution in [-0.4, -0.2) is 19.7 Å². The summed E-state index contributed by atoms with van der Waals surface area (Å²) >= 11 is 0. The van der Waals surface area contributed by atoms with Gasteiger partial charge in [-0.15, -0.1) is 0 Å². The lowest BCUT2D eigenvalue weighted by Crippen LogP contribution is -1.97. The standard InChI is InChI=1S/C14H11F2N5O/c1-21-6-8(5-20-21)12-4-14(19-7-18-12)22-13-3-11(17)9(15)2-10(13)16/h2-7H,17H2,1H3. The molecular weight excluding hydrogens is 292 g/mol. The van der Waals surface area contributed by atoms with Crippen molar-refractivity contribution in [3.63, 3.8) is 0 Å². The van der Waals surface area contributed by atoms with Crippen LogP contribution in [0.1, 0.15) is 0 Å². The SMILES string of the molecule is Cn1cc(-c2cc(Oc3cc(N)c(F)cc3F)ncn2)cn1. The molecule has 0 saturated carbocycles. The van der Waals surface area contributed by atoms with Crippen molar-refractivity contribution in [2.45, 2.75) is 0 Å². The number of rotatable bonds is 3. The molecule has 0 saturated heterocycles. The number of hydrogen-bond acceptors (Lipinski definition) is 5. The molecule has 2 aromatic heterocycles. The van der Waals surface area contributed by atoms with E-state index in [1.54, 1.807) is 24.1 Å². The molecule has 8 heteroatoms. The average Bonchev–Trinajstić information content (AvgIpc) is 2.92. The number of ether oxygens (including phenoxy) is 1. The number of nitrogens with two attached hydrogens (primary N) is 1. The summed E-state index contributed by atoms with van der Waals surface area (Å²) in [6.07, 6.45) is 4.67. The summed E-state index contributed by atoms with van der Waals surface area (Å²) in [4.78, 5) is 7.99. The van der Waals surface area contributed by atoms with E-state index < -0.39 is 11.6 Å². The van der Waals surface area contributed by atoms with Crippen molar-refractivity contribution in [3.8, 4) is 22.9 Å². The molecule has 1 aromatic carbocycles. The first kappa shape index (κ1) is 13.9. The van der Waals surface area contributed by atoms with E-state index in [9.17, 15) is 8.78 Å². The quantitative estimate of drug-likeness (QED) is 0.752. The predicted octanol–water partition coefficient (Wildman–Crippen LogP) is 2.53.